The van der Waals surface area contributed by atoms with Gasteiger partial charge in [0.2, 0.25) is 0 Å². The molecule has 15 heavy (non-hydrogen) atoms. The SMILES string of the molecule is CN1CCC(c2ccnc(CCCl)n2)C1. The maximum absolute atomic E-state index is 5.68. The minimum absolute atomic E-state index is 0.576. The molecule has 1 fully saturated rings. The zero-order chi connectivity index (χ0) is 10.7. The number of halogens is 1. The van der Waals surface area contributed by atoms with Crippen LogP contribution in [0.15, 0.2) is 12.3 Å². The van der Waals surface area contributed by atoms with Crippen molar-refractivity contribution in [2.75, 3.05) is 26.0 Å². The van der Waals surface area contributed by atoms with Crippen molar-refractivity contribution in [3.05, 3.63) is 23.8 Å². The van der Waals surface area contributed by atoms with Gasteiger partial charge in [0.05, 0.1) is 0 Å². The summed E-state index contributed by atoms with van der Waals surface area (Å²) in [4.78, 5) is 11.1. The molecule has 0 bridgehead atoms. The summed E-state index contributed by atoms with van der Waals surface area (Å²) in [6.45, 7) is 2.27. The zero-order valence-electron chi connectivity index (χ0n) is 8.99. The molecule has 4 heteroatoms. The number of aromatic nitrogens is 2. The van der Waals surface area contributed by atoms with Crippen LogP contribution >= 0.6 is 11.6 Å². The first kappa shape index (κ1) is 10.8. The Morgan fingerprint density at radius 1 is 1.60 bits per heavy atom. The molecule has 0 saturated carbocycles. The first-order valence-corrected chi connectivity index (χ1v) is 5.89. The number of aryl methyl sites for hydroxylation is 1. The Balaban J connectivity index is 2.10. The fraction of sp³-hybridized carbons (Fsp3) is 0.636. The second kappa shape index (κ2) is 4.90. The van der Waals surface area contributed by atoms with Crippen LogP contribution in [0.2, 0.25) is 0 Å². The Hall–Kier alpha value is -0.670. The maximum atomic E-state index is 5.68. The quantitative estimate of drug-likeness (QED) is 0.733. The van der Waals surface area contributed by atoms with Crippen molar-refractivity contribution in [1.82, 2.24) is 14.9 Å². The van der Waals surface area contributed by atoms with Gasteiger partial charge in [-0.1, -0.05) is 0 Å². The van der Waals surface area contributed by atoms with Crippen molar-refractivity contribution in [2.24, 2.45) is 0 Å². The summed E-state index contributed by atoms with van der Waals surface area (Å²) in [5.41, 5.74) is 1.18. The van der Waals surface area contributed by atoms with Crippen LogP contribution in [0.1, 0.15) is 23.9 Å². The molecule has 1 aromatic rings. The standard InChI is InChI=1S/C11H16ClN3/c1-15-7-4-9(8-15)10-3-6-13-11(14-10)2-5-12/h3,6,9H,2,4-5,7-8H2,1H3. The molecule has 1 saturated heterocycles. The molecule has 1 aliphatic heterocycles. The second-order valence-electron chi connectivity index (χ2n) is 4.08. The summed E-state index contributed by atoms with van der Waals surface area (Å²) < 4.78 is 0. The Morgan fingerprint density at radius 2 is 2.47 bits per heavy atom. The fourth-order valence-electron chi connectivity index (χ4n) is 2.02. The molecule has 1 aliphatic rings. The van der Waals surface area contributed by atoms with Crippen LogP contribution in [0.4, 0.5) is 0 Å². The lowest BCUT2D eigenvalue weighted by Crippen LogP contribution is -2.14. The molecule has 0 spiro atoms. The van der Waals surface area contributed by atoms with Crippen LogP contribution in [-0.2, 0) is 6.42 Å². The number of hydrogen-bond donors (Lipinski definition) is 0. The Morgan fingerprint density at radius 3 is 3.13 bits per heavy atom. The largest absolute Gasteiger partial charge is 0.306 e. The van der Waals surface area contributed by atoms with E-state index in [1.807, 2.05) is 12.3 Å². The van der Waals surface area contributed by atoms with E-state index in [4.69, 9.17) is 11.6 Å². The maximum Gasteiger partial charge on any atom is 0.129 e. The molecule has 1 atom stereocenters. The second-order valence-corrected chi connectivity index (χ2v) is 4.46. The van der Waals surface area contributed by atoms with Crippen molar-refractivity contribution in [2.45, 2.75) is 18.8 Å². The summed E-state index contributed by atoms with van der Waals surface area (Å²) in [7, 11) is 2.15. The van der Waals surface area contributed by atoms with Crippen molar-refractivity contribution >= 4 is 11.6 Å². The Labute approximate surface area is 95.5 Å². The van der Waals surface area contributed by atoms with Gasteiger partial charge in [0.15, 0.2) is 0 Å². The van der Waals surface area contributed by atoms with Gasteiger partial charge in [-0.3, -0.25) is 0 Å². The molecule has 2 rings (SSSR count). The van der Waals surface area contributed by atoms with Crippen molar-refractivity contribution in [1.29, 1.82) is 0 Å². The van der Waals surface area contributed by atoms with Crippen LogP contribution in [0, 0.1) is 0 Å². The molecule has 0 aromatic carbocycles. The topological polar surface area (TPSA) is 29.0 Å². The normalized spacial score (nSPS) is 22.1. The monoisotopic (exact) mass is 225 g/mol. The van der Waals surface area contributed by atoms with E-state index in [0.717, 1.165) is 18.8 Å². The Kier molecular flexibility index (Phi) is 3.54. The highest BCUT2D eigenvalue weighted by Gasteiger charge is 2.22. The lowest BCUT2D eigenvalue weighted by atomic mass is 10.0. The molecule has 0 aliphatic carbocycles. The third kappa shape index (κ3) is 2.67. The highest BCUT2D eigenvalue weighted by Crippen LogP contribution is 2.24. The lowest BCUT2D eigenvalue weighted by molar-refractivity contribution is 0.410. The molecular formula is C11H16ClN3. The third-order valence-electron chi connectivity index (χ3n) is 2.85. The predicted octanol–water partition coefficient (Wildman–Crippen LogP) is 1.68. The minimum atomic E-state index is 0.576. The van der Waals surface area contributed by atoms with E-state index >= 15 is 0 Å². The van der Waals surface area contributed by atoms with Gasteiger partial charge in [-0.15, -0.1) is 11.6 Å². The number of alkyl halides is 1. The van der Waals surface area contributed by atoms with Gasteiger partial charge in [-0.25, -0.2) is 9.97 Å². The summed E-state index contributed by atoms with van der Waals surface area (Å²) in [6, 6.07) is 2.03. The highest BCUT2D eigenvalue weighted by atomic mass is 35.5. The lowest BCUT2D eigenvalue weighted by Gasteiger charge is -2.10. The van der Waals surface area contributed by atoms with Gasteiger partial charge in [0.25, 0.3) is 0 Å². The summed E-state index contributed by atoms with van der Waals surface area (Å²) in [5.74, 6) is 2.04. The molecule has 2 heterocycles. The van der Waals surface area contributed by atoms with Crippen LogP contribution in [0.3, 0.4) is 0 Å². The van der Waals surface area contributed by atoms with Gasteiger partial charge in [0.1, 0.15) is 5.82 Å². The first-order valence-electron chi connectivity index (χ1n) is 5.36. The van der Waals surface area contributed by atoms with E-state index in [1.165, 1.54) is 18.7 Å². The average molecular weight is 226 g/mol. The fourth-order valence-corrected chi connectivity index (χ4v) is 2.19. The number of hydrogen-bond acceptors (Lipinski definition) is 3. The average Bonchev–Trinajstić information content (AvgIpc) is 2.66. The van der Waals surface area contributed by atoms with Crippen LogP contribution < -0.4 is 0 Å². The number of nitrogens with zero attached hydrogens (tertiary/aromatic N) is 3. The summed E-state index contributed by atoms with van der Waals surface area (Å²) in [6.07, 6.45) is 3.81. The third-order valence-corrected chi connectivity index (χ3v) is 3.04. The Bertz CT molecular complexity index is 329. The highest BCUT2D eigenvalue weighted by molar-refractivity contribution is 6.17. The molecule has 1 unspecified atom stereocenters. The van der Waals surface area contributed by atoms with Gasteiger partial charge in [-0.05, 0) is 26.1 Å². The van der Waals surface area contributed by atoms with E-state index in [0.29, 0.717) is 11.8 Å². The molecular weight excluding hydrogens is 210 g/mol. The van der Waals surface area contributed by atoms with Crippen LogP contribution in [0.25, 0.3) is 0 Å². The first-order chi connectivity index (χ1) is 7.29. The molecule has 82 valence electrons. The number of likely N-dealkylation sites (N-methyl/N-ethyl adjacent to an activating group) is 1. The smallest absolute Gasteiger partial charge is 0.129 e. The van der Waals surface area contributed by atoms with Crippen LogP contribution in [-0.4, -0.2) is 40.9 Å². The minimum Gasteiger partial charge on any atom is -0.306 e. The van der Waals surface area contributed by atoms with E-state index in [-0.39, 0.29) is 0 Å². The summed E-state index contributed by atoms with van der Waals surface area (Å²) >= 11 is 5.68. The van der Waals surface area contributed by atoms with Gasteiger partial charge < -0.3 is 4.90 Å². The van der Waals surface area contributed by atoms with E-state index in [2.05, 4.69) is 21.9 Å². The molecule has 0 N–H and O–H groups in total. The molecule has 1 aromatic heterocycles. The molecule has 0 radical (unpaired) electrons. The number of rotatable bonds is 3. The van der Waals surface area contributed by atoms with E-state index in [9.17, 15) is 0 Å². The van der Waals surface area contributed by atoms with E-state index in [1.54, 1.807) is 0 Å². The number of likely N-dealkylation sites (tertiary alicyclic amines) is 1. The van der Waals surface area contributed by atoms with Crippen molar-refractivity contribution < 1.29 is 0 Å². The van der Waals surface area contributed by atoms with Gasteiger partial charge in [0, 0.05) is 36.7 Å². The van der Waals surface area contributed by atoms with Gasteiger partial charge >= 0.3 is 0 Å². The zero-order valence-corrected chi connectivity index (χ0v) is 9.74. The van der Waals surface area contributed by atoms with Crippen molar-refractivity contribution in [3.8, 4) is 0 Å². The van der Waals surface area contributed by atoms with Crippen molar-refractivity contribution in [3.63, 3.8) is 0 Å². The molecule has 0 amide bonds. The van der Waals surface area contributed by atoms with E-state index < -0.39 is 0 Å². The predicted molar refractivity (Wildman–Crippen MR) is 61.3 cm³/mol. The molecule has 3 nitrogen and oxygen atoms in total. The van der Waals surface area contributed by atoms with Crippen LogP contribution in [0.5, 0.6) is 0 Å². The summed E-state index contributed by atoms with van der Waals surface area (Å²) in [5, 5.41) is 0. The van der Waals surface area contributed by atoms with Gasteiger partial charge in [-0.2, -0.15) is 0 Å².